The van der Waals surface area contributed by atoms with E-state index in [0.29, 0.717) is 66.0 Å². The second kappa shape index (κ2) is 42.4. The predicted octanol–water partition coefficient (Wildman–Crippen LogP) is 18.3. The molecular weight excluding hydrogens is 1830 g/mol. The summed E-state index contributed by atoms with van der Waals surface area (Å²) < 4.78 is 186. The molecule has 10 aliphatic rings. The van der Waals surface area contributed by atoms with Crippen LogP contribution in [0, 0.1) is 68.8 Å². The van der Waals surface area contributed by atoms with E-state index in [2.05, 4.69) is 15.0 Å². The number of esters is 1. The van der Waals surface area contributed by atoms with Crippen LogP contribution in [0.2, 0.25) is 0 Å². The van der Waals surface area contributed by atoms with Crippen molar-refractivity contribution in [1.82, 2.24) is 0 Å². The summed E-state index contributed by atoms with van der Waals surface area (Å²) in [5.74, 6) is -3.86. The van der Waals surface area contributed by atoms with Gasteiger partial charge in [0.15, 0.2) is 22.5 Å². The molecule has 0 aromatic heterocycles. The first-order valence-corrected chi connectivity index (χ1v) is 46.9. The number of hydrogen-bond acceptors (Lipinski definition) is 25. The van der Waals surface area contributed by atoms with Crippen molar-refractivity contribution in [3.8, 4) is 0 Å². The summed E-state index contributed by atoms with van der Waals surface area (Å²) in [6, 6.07) is 55.0. The Balaban J connectivity index is 0.000000133. The van der Waals surface area contributed by atoms with Crippen molar-refractivity contribution in [2.75, 3.05) is 68.4 Å². The summed E-state index contributed by atoms with van der Waals surface area (Å²) in [6.07, 6.45) is -12.2. The highest BCUT2D eigenvalue weighted by Gasteiger charge is 2.61. The number of benzene rings is 8. The molecule has 0 saturated carbocycles. The minimum Gasteiger partial charge on any atom is -0.460 e. The number of aldehydes is 1. The number of ether oxygens (including phenoxy) is 6. The molecule has 3 N–H and O–H groups in total. The summed E-state index contributed by atoms with van der Waals surface area (Å²) in [7, 11) is 0. The van der Waals surface area contributed by atoms with Crippen LogP contribution in [0.25, 0.3) is 0 Å². The normalized spacial score (nSPS) is 27.7. The van der Waals surface area contributed by atoms with Crippen LogP contribution in [0.5, 0.6) is 0 Å². The Morgan fingerprint density at radius 2 is 0.750 bits per heavy atom. The first kappa shape index (κ1) is 98.2. The van der Waals surface area contributed by atoms with Crippen LogP contribution >= 0.6 is 58.8 Å². The monoisotopic (exact) mass is 1920 g/mol. The van der Waals surface area contributed by atoms with Gasteiger partial charge in [-0.1, -0.05) is 176 Å². The number of Topliss-reactive ketones (excluding diaryl/α,β-unsaturated/α-hetero) is 3. The van der Waals surface area contributed by atoms with Gasteiger partial charge in [-0.25, -0.2) is 53.3 Å². The van der Waals surface area contributed by atoms with Gasteiger partial charge in [0.05, 0.1) is 96.5 Å². The molecule has 21 nitrogen and oxygen atoms in total. The van der Waals surface area contributed by atoms with E-state index in [4.69, 9.17) is 44.1 Å². The van der Waals surface area contributed by atoms with Gasteiger partial charge >= 0.3 is 5.97 Å². The van der Waals surface area contributed by atoms with E-state index in [1.807, 2.05) is 42.5 Å². The lowest BCUT2D eigenvalue weighted by molar-refractivity contribution is -0.385. The van der Waals surface area contributed by atoms with Crippen molar-refractivity contribution >= 4 is 119 Å². The number of nitrogens with two attached hydrogens (primary N) is 1. The van der Waals surface area contributed by atoms with Crippen molar-refractivity contribution < 1.29 is 111 Å². The lowest BCUT2D eigenvalue weighted by Gasteiger charge is -2.36. The molecule has 10 aliphatic heterocycles. The molecule has 132 heavy (non-hydrogen) atoms. The van der Waals surface area contributed by atoms with Gasteiger partial charge in [0.2, 0.25) is 0 Å². The van der Waals surface area contributed by atoms with Gasteiger partial charge in [-0.3, -0.25) is 49.3 Å². The average Bonchev–Trinajstić information content (AvgIpc) is 1.56. The van der Waals surface area contributed by atoms with Gasteiger partial charge in [-0.05, 0) is 51.1 Å². The molecule has 5 fully saturated rings. The Bertz CT molecular complexity index is 5710. The number of aliphatic hydroxyl groups excluding tert-OH is 1. The Morgan fingerprint density at radius 1 is 0.439 bits per heavy atom. The number of carbonyl (C=O) groups is 5. The SMILES string of the molecule is CC(C)(C)OC(=O)CC1=N[C@@]2(c3cc([N+](=O)[O-])ccc3F)CO[C@H](C(F)F)[C@H]2CS1.NC1=N[C@@]2(c3ccccc3F)CO[C@H](C(F)F)[C@H]2CS1.O=C(CC1=N[C@@]2(c3ccccc3F)CO[C@H](C(F)F)[C@H]2CS1)c1ccccc1.O=C(CC1=N[C@@]2(c3ccccc3F)CO[C@H](CO)[C@H]2CS1)c1ccccc1.O=C[C@H]1OC[C@]2(c3ccccc3F)N=C(CC(=O)c3ccccc3)SC[C@H]12. The Morgan fingerprint density at radius 3 is 1.11 bits per heavy atom. The number of ketones is 3. The third-order valence-corrected chi connectivity index (χ3v) is 29.6. The van der Waals surface area contributed by atoms with Crippen LogP contribution in [0.3, 0.4) is 0 Å². The Labute approximate surface area is 773 Å². The van der Waals surface area contributed by atoms with Gasteiger partial charge in [-0.2, -0.15) is 0 Å². The molecule has 0 radical (unpaired) electrons. The standard InChI is InChI=1S/C21H18F3NO2S.C21H20FNO3S.C21H18FNO3S.C19H21F3N2O5S.C13H13F3N2OS/c22-16-9-5-4-8-14(16)21-12-27-19(20(23)24)15(21)11-28-18(25-21)10-17(26)13-6-2-1-3-7-13;2*22-17-9-5-4-8-15(17)21-13-26-19(11-24)16(21)12-27-20(23-21)10-18(25)14-6-2-1-3-7-14;1-18(2,3)29-15(25)7-14-23-19(9-28-16(17(21)22)12(19)8-30-14)11-6-10(24(26)27)4-5-13(11)20;14-9-4-2-1-3-7(9)13-6-19-10(11(15)16)8(13)5-20-12(17)18-13/h1-9,15,19-20H,10-12H2;1-9,16,19,24H,10-13H2;1-9,11,16,19H,10,12-13H2;4-6,12,16-17H,7-9H2,1-3H3;1-4,8,10-11H,5-6H2,(H2,17,18)/t15-,19+,21-;2*16-,19-,21-;12-,16+,19-;8-,10+,13-/m11111/s1. The number of hydrogen-bond donors (Lipinski definition) is 2. The Kier molecular flexibility index (Phi) is 31.6. The highest BCUT2D eigenvalue weighted by atomic mass is 32.2. The number of alkyl halides is 6. The van der Waals surface area contributed by atoms with E-state index in [1.54, 1.807) is 142 Å². The number of carbonyl (C=O) groups excluding carboxylic acids is 5. The lowest BCUT2D eigenvalue weighted by Crippen LogP contribution is -2.43. The summed E-state index contributed by atoms with van der Waals surface area (Å²) in [5.41, 5.74) is 1.85. The number of halogens is 11. The van der Waals surface area contributed by atoms with Crippen LogP contribution in [-0.4, -0.2) is 189 Å². The number of nitro benzene ring substituents is 1. The molecule has 15 atom stereocenters. The number of nitro groups is 1. The molecule has 0 bridgehead atoms. The smallest absolute Gasteiger partial charge is 0.312 e. The van der Waals surface area contributed by atoms with Crippen LogP contribution in [0.1, 0.15) is 105 Å². The number of nitrogens with zero attached hydrogens (tertiary/aromatic N) is 6. The molecule has 10 heterocycles. The summed E-state index contributed by atoms with van der Waals surface area (Å²) in [6.45, 7) is 4.74. The minimum atomic E-state index is -2.83. The van der Waals surface area contributed by atoms with Crippen molar-refractivity contribution in [2.45, 2.75) is 130 Å². The van der Waals surface area contributed by atoms with Crippen molar-refractivity contribution in [2.24, 2.45) is 60.3 Å². The highest BCUT2D eigenvalue weighted by Crippen LogP contribution is 2.56. The fourth-order valence-corrected chi connectivity index (χ4v) is 24.2. The maximum atomic E-state index is 14.8. The Hall–Kier alpha value is -9.80. The minimum absolute atomic E-state index is 0.0124. The van der Waals surface area contributed by atoms with Crippen molar-refractivity contribution in [1.29, 1.82) is 0 Å². The van der Waals surface area contributed by atoms with Crippen molar-refractivity contribution in [3.05, 3.63) is 290 Å². The number of aliphatic hydroxyl groups is 1. The van der Waals surface area contributed by atoms with E-state index < -0.39 is 123 Å². The zero-order chi connectivity index (χ0) is 94.0. The molecule has 0 aliphatic carbocycles. The number of aliphatic imine (C=N–C) groups is 5. The first-order valence-electron chi connectivity index (χ1n) is 42.0. The van der Waals surface area contributed by atoms with E-state index >= 15 is 0 Å². The fraction of sp³-hybridized carbons (Fsp3) is 0.389. The number of fused-ring (bicyclic) bond motifs is 5. The van der Waals surface area contributed by atoms with Gasteiger partial charge in [0, 0.05) is 115 Å². The van der Waals surface area contributed by atoms with Crippen molar-refractivity contribution in [3.63, 3.8) is 0 Å². The molecule has 37 heteroatoms. The lowest BCUT2D eigenvalue weighted by atomic mass is 9.78. The summed E-state index contributed by atoms with van der Waals surface area (Å²) >= 11 is 6.53. The maximum Gasteiger partial charge on any atom is 0.312 e. The van der Waals surface area contributed by atoms with Gasteiger partial charge < -0.3 is 44.1 Å². The molecule has 8 aromatic carbocycles. The summed E-state index contributed by atoms with van der Waals surface area (Å²) in [4.78, 5) is 95.0. The number of thioether (sulfide) groups is 5. The van der Waals surface area contributed by atoms with E-state index in [0.717, 1.165) is 36.2 Å². The molecule has 8 aromatic rings. The predicted molar refractivity (Wildman–Crippen MR) is 485 cm³/mol. The van der Waals surface area contributed by atoms with Crippen LogP contribution in [-0.2, 0) is 65.7 Å². The fourth-order valence-electron chi connectivity index (χ4n) is 18.0. The second-order valence-electron chi connectivity index (χ2n) is 33.5. The van der Waals surface area contributed by atoms with Gasteiger partial charge in [-0.15, -0.1) is 47.0 Å². The third-order valence-electron chi connectivity index (χ3n) is 24.3. The zero-order valence-electron chi connectivity index (χ0n) is 71.0. The molecule has 0 amide bonds. The molecule has 18 rings (SSSR count). The number of amidine groups is 1. The van der Waals surface area contributed by atoms with Crippen LogP contribution in [0.15, 0.2) is 231 Å². The molecule has 0 unspecified atom stereocenters. The van der Waals surface area contributed by atoms with E-state index in [9.17, 15) is 87.5 Å². The maximum absolute atomic E-state index is 14.8. The number of non-ortho nitro benzene ring substituents is 1. The molecule has 0 spiro atoms. The van der Waals surface area contributed by atoms with Gasteiger partial charge in [0.1, 0.15) is 93.1 Å². The van der Waals surface area contributed by atoms with Crippen LogP contribution < -0.4 is 5.73 Å². The quantitative estimate of drug-likeness (QED) is 0.0159. The highest BCUT2D eigenvalue weighted by molar-refractivity contribution is 8.15. The second-order valence-corrected chi connectivity index (χ2v) is 38.9. The largest absolute Gasteiger partial charge is 0.460 e. The first-order chi connectivity index (χ1) is 63.3. The molecule has 696 valence electrons. The zero-order valence-corrected chi connectivity index (χ0v) is 75.1. The average molecular weight is 1920 g/mol. The van der Waals surface area contributed by atoms with Gasteiger partial charge in [0.25, 0.3) is 25.0 Å². The molecular formula is C95H90F11N7O14S5. The number of rotatable bonds is 22. The van der Waals surface area contributed by atoms with E-state index in [1.165, 1.54) is 71.3 Å². The third kappa shape index (κ3) is 21.1. The summed E-state index contributed by atoms with van der Waals surface area (Å²) in [5, 5.41) is 23.3. The van der Waals surface area contributed by atoms with Crippen LogP contribution in [0.4, 0.5) is 54.0 Å². The van der Waals surface area contributed by atoms with E-state index in [-0.39, 0.29) is 151 Å². The molecule has 5 saturated heterocycles. The topological polar surface area (TPSA) is 292 Å².